The van der Waals surface area contributed by atoms with Crippen molar-refractivity contribution in [3.8, 4) is 0 Å². The van der Waals surface area contributed by atoms with Gasteiger partial charge in [-0.25, -0.2) is 9.59 Å². The Morgan fingerprint density at radius 2 is 1.09 bits per heavy atom. The Labute approximate surface area is 204 Å². The summed E-state index contributed by atoms with van der Waals surface area (Å²) >= 11 is 2.55. The fourth-order valence-corrected chi connectivity index (χ4v) is 5.37. The van der Waals surface area contributed by atoms with E-state index in [4.69, 9.17) is 9.47 Å². The maximum absolute atomic E-state index is 12.9. The summed E-state index contributed by atoms with van der Waals surface area (Å²) in [6, 6.07) is 6.16. The highest BCUT2D eigenvalue weighted by Crippen LogP contribution is 2.34. The van der Waals surface area contributed by atoms with Gasteiger partial charge in [0.1, 0.15) is 10.0 Å². The number of carbonyl (C=O) groups is 4. The topological polar surface area (TPSA) is 111 Å². The minimum absolute atomic E-state index is 0.235. The maximum atomic E-state index is 12.9. The largest absolute Gasteiger partial charge is 0.465 e. The van der Waals surface area contributed by atoms with Crippen LogP contribution in [-0.4, -0.2) is 38.0 Å². The summed E-state index contributed by atoms with van der Waals surface area (Å²) in [6.45, 7) is 7.28. The summed E-state index contributed by atoms with van der Waals surface area (Å²) in [4.78, 5) is 51.9. The first-order chi connectivity index (χ1) is 16.1. The molecule has 0 bridgehead atoms. The summed E-state index contributed by atoms with van der Waals surface area (Å²) in [5, 5.41) is 6.27. The van der Waals surface area contributed by atoms with Gasteiger partial charge in [-0.05, 0) is 57.0 Å². The molecule has 0 saturated carbocycles. The lowest BCUT2D eigenvalue weighted by molar-refractivity contribution is 0.0592. The lowest BCUT2D eigenvalue weighted by Gasteiger charge is -2.09. The number of ether oxygens (including phenoxy) is 2. The number of anilines is 2. The minimum Gasteiger partial charge on any atom is -0.465 e. The van der Waals surface area contributed by atoms with E-state index >= 15 is 0 Å². The van der Waals surface area contributed by atoms with Crippen molar-refractivity contribution >= 4 is 56.4 Å². The van der Waals surface area contributed by atoms with Gasteiger partial charge in [0.2, 0.25) is 0 Å². The van der Waals surface area contributed by atoms with Gasteiger partial charge in [0, 0.05) is 20.9 Å². The molecule has 178 valence electrons. The van der Waals surface area contributed by atoms with Crippen molar-refractivity contribution in [2.24, 2.45) is 0 Å². The molecule has 34 heavy (non-hydrogen) atoms. The maximum Gasteiger partial charge on any atom is 0.341 e. The number of aryl methyl sites for hydroxylation is 2. The molecular weight excluding hydrogens is 476 g/mol. The van der Waals surface area contributed by atoms with Crippen LogP contribution in [0.15, 0.2) is 24.3 Å². The van der Waals surface area contributed by atoms with Crippen molar-refractivity contribution in [1.29, 1.82) is 0 Å². The van der Waals surface area contributed by atoms with E-state index in [1.54, 1.807) is 32.0 Å². The van der Waals surface area contributed by atoms with Gasteiger partial charge < -0.3 is 20.1 Å². The van der Waals surface area contributed by atoms with Crippen LogP contribution in [0, 0.1) is 27.7 Å². The Kier molecular flexibility index (Phi) is 7.53. The standard InChI is InChI=1S/C24H24N2O6S2/c1-11-13(3)33-21(17(11)23(29)31-5)25-19(27)15-8-7-9-16(10-15)20(28)26-22-18(24(30)32-6)12(2)14(4)34-22/h7-10H,1-6H3,(H,25,27)(H,26,28). The lowest BCUT2D eigenvalue weighted by atomic mass is 10.1. The average molecular weight is 501 g/mol. The van der Waals surface area contributed by atoms with Crippen LogP contribution in [0.3, 0.4) is 0 Å². The summed E-state index contributed by atoms with van der Waals surface area (Å²) < 4.78 is 9.68. The third-order valence-corrected chi connectivity index (χ3v) is 7.64. The number of nitrogens with one attached hydrogen (secondary N) is 2. The Hall–Kier alpha value is -3.50. The number of hydrogen-bond donors (Lipinski definition) is 2. The lowest BCUT2D eigenvalue weighted by Crippen LogP contribution is -2.17. The number of rotatable bonds is 6. The predicted molar refractivity (Wildman–Crippen MR) is 133 cm³/mol. The van der Waals surface area contributed by atoms with Gasteiger partial charge >= 0.3 is 11.9 Å². The molecule has 0 fully saturated rings. The van der Waals surface area contributed by atoms with Gasteiger partial charge in [-0.1, -0.05) is 6.07 Å². The Balaban J connectivity index is 1.85. The monoisotopic (exact) mass is 500 g/mol. The van der Waals surface area contributed by atoms with Crippen molar-refractivity contribution < 1.29 is 28.7 Å². The SMILES string of the molecule is COC(=O)c1c(NC(=O)c2cccc(C(=O)Nc3sc(C)c(C)c3C(=O)OC)c2)sc(C)c1C. The molecule has 2 amide bonds. The fraction of sp³-hybridized carbons (Fsp3) is 0.250. The molecule has 8 nitrogen and oxygen atoms in total. The Morgan fingerprint density at radius 3 is 1.44 bits per heavy atom. The number of thiophene rings is 2. The Morgan fingerprint density at radius 1 is 0.706 bits per heavy atom. The predicted octanol–water partition coefficient (Wildman–Crippen LogP) is 5.12. The van der Waals surface area contributed by atoms with Gasteiger partial charge in [-0.2, -0.15) is 0 Å². The molecule has 1 aromatic carbocycles. The van der Waals surface area contributed by atoms with Gasteiger partial charge in [-0.15, -0.1) is 22.7 Å². The van der Waals surface area contributed by atoms with E-state index in [1.165, 1.54) is 43.0 Å². The highest BCUT2D eigenvalue weighted by atomic mass is 32.1. The molecule has 0 unspecified atom stereocenters. The zero-order valence-corrected chi connectivity index (χ0v) is 21.2. The van der Waals surface area contributed by atoms with Crippen LogP contribution in [0.5, 0.6) is 0 Å². The van der Waals surface area contributed by atoms with Crippen molar-refractivity contribution in [1.82, 2.24) is 0 Å². The molecule has 0 atom stereocenters. The third-order valence-electron chi connectivity index (χ3n) is 5.39. The second kappa shape index (κ2) is 10.2. The molecule has 10 heteroatoms. The number of carbonyl (C=O) groups excluding carboxylic acids is 4. The summed E-state index contributed by atoms with van der Waals surface area (Å²) in [6.07, 6.45) is 0. The van der Waals surface area contributed by atoms with E-state index in [0.717, 1.165) is 20.9 Å². The number of methoxy groups -OCH3 is 2. The second-order valence-electron chi connectivity index (χ2n) is 7.45. The molecule has 2 aromatic heterocycles. The van der Waals surface area contributed by atoms with E-state index in [2.05, 4.69) is 10.6 Å². The van der Waals surface area contributed by atoms with E-state index in [-0.39, 0.29) is 11.1 Å². The van der Waals surface area contributed by atoms with E-state index in [9.17, 15) is 19.2 Å². The first kappa shape index (κ1) is 25.1. The molecule has 0 aliphatic heterocycles. The number of hydrogen-bond acceptors (Lipinski definition) is 8. The van der Waals surface area contributed by atoms with Crippen LogP contribution >= 0.6 is 22.7 Å². The molecule has 0 saturated heterocycles. The van der Waals surface area contributed by atoms with Crippen LogP contribution in [0.4, 0.5) is 10.0 Å². The van der Waals surface area contributed by atoms with Crippen LogP contribution in [0.2, 0.25) is 0 Å². The third kappa shape index (κ3) is 4.87. The molecule has 0 aliphatic rings. The van der Waals surface area contributed by atoms with Crippen molar-refractivity contribution in [2.75, 3.05) is 24.9 Å². The first-order valence-corrected chi connectivity index (χ1v) is 11.8. The van der Waals surface area contributed by atoms with Crippen molar-refractivity contribution in [3.05, 3.63) is 67.4 Å². The van der Waals surface area contributed by atoms with Gasteiger partial charge in [0.15, 0.2) is 0 Å². The van der Waals surface area contributed by atoms with Crippen molar-refractivity contribution in [2.45, 2.75) is 27.7 Å². The van der Waals surface area contributed by atoms with Crippen LogP contribution in [0.1, 0.15) is 62.3 Å². The summed E-state index contributed by atoms with van der Waals surface area (Å²) in [5.41, 5.74) is 2.57. The average Bonchev–Trinajstić information content (AvgIpc) is 3.26. The zero-order valence-electron chi connectivity index (χ0n) is 19.6. The van der Waals surface area contributed by atoms with E-state index in [0.29, 0.717) is 21.1 Å². The number of esters is 2. The van der Waals surface area contributed by atoms with Crippen LogP contribution in [0.25, 0.3) is 0 Å². The van der Waals surface area contributed by atoms with E-state index in [1.807, 2.05) is 13.8 Å². The molecule has 0 spiro atoms. The fourth-order valence-electron chi connectivity index (χ4n) is 3.28. The molecule has 0 radical (unpaired) electrons. The molecule has 3 aromatic rings. The number of amides is 2. The normalized spacial score (nSPS) is 10.5. The second-order valence-corrected chi connectivity index (χ2v) is 9.90. The van der Waals surface area contributed by atoms with Crippen LogP contribution in [-0.2, 0) is 9.47 Å². The van der Waals surface area contributed by atoms with Crippen LogP contribution < -0.4 is 10.6 Å². The zero-order chi connectivity index (χ0) is 25.2. The molecule has 2 heterocycles. The smallest absolute Gasteiger partial charge is 0.341 e. The quantitative estimate of drug-likeness (QED) is 0.455. The minimum atomic E-state index is -0.534. The van der Waals surface area contributed by atoms with E-state index < -0.39 is 23.8 Å². The van der Waals surface area contributed by atoms with Gasteiger partial charge in [-0.3, -0.25) is 9.59 Å². The highest BCUT2D eigenvalue weighted by molar-refractivity contribution is 7.17. The highest BCUT2D eigenvalue weighted by Gasteiger charge is 2.24. The first-order valence-electron chi connectivity index (χ1n) is 10.2. The summed E-state index contributed by atoms with van der Waals surface area (Å²) in [5.74, 6) is -2.01. The Bertz CT molecular complexity index is 1210. The van der Waals surface area contributed by atoms with Crippen molar-refractivity contribution in [3.63, 3.8) is 0 Å². The molecule has 2 N–H and O–H groups in total. The molecule has 3 rings (SSSR count). The molecular formula is C24H24N2O6S2. The van der Waals surface area contributed by atoms with Gasteiger partial charge in [0.05, 0.1) is 25.3 Å². The summed E-state index contributed by atoms with van der Waals surface area (Å²) in [7, 11) is 2.56. The molecule has 0 aliphatic carbocycles. The number of benzene rings is 1. The van der Waals surface area contributed by atoms with Gasteiger partial charge in [0.25, 0.3) is 11.8 Å².